The lowest BCUT2D eigenvalue weighted by Gasteiger charge is -2.07. The summed E-state index contributed by atoms with van der Waals surface area (Å²) >= 11 is 7.25. The molecule has 0 aliphatic rings. The van der Waals surface area contributed by atoms with Crippen LogP contribution in [-0.4, -0.2) is 0 Å². The van der Waals surface area contributed by atoms with E-state index in [9.17, 15) is 0 Å². The van der Waals surface area contributed by atoms with Crippen LogP contribution in [0, 0.1) is 11.8 Å². The van der Waals surface area contributed by atoms with Gasteiger partial charge in [-0.15, -0.1) is 45.3 Å². The van der Waals surface area contributed by atoms with Crippen LogP contribution < -0.4 is 0 Å². The van der Waals surface area contributed by atoms with Crippen molar-refractivity contribution >= 4 is 110 Å². The van der Waals surface area contributed by atoms with E-state index in [0.29, 0.717) is 0 Å². The van der Waals surface area contributed by atoms with Gasteiger partial charge in [0.05, 0.1) is 20.5 Å². The van der Waals surface area contributed by atoms with Gasteiger partial charge in [0.25, 0.3) is 0 Å². The molecule has 8 rings (SSSR count). The fourth-order valence-electron chi connectivity index (χ4n) is 7.51. The number of benzene rings is 4. The molecular weight excluding hydrogens is 729 g/mol. The van der Waals surface area contributed by atoms with E-state index in [4.69, 9.17) is 0 Å². The maximum absolute atomic E-state index is 3.76. The summed E-state index contributed by atoms with van der Waals surface area (Å²) in [6.07, 6.45) is 22.0. The summed E-state index contributed by atoms with van der Waals surface area (Å²) in [7, 11) is 0. The Bertz CT molecular complexity index is 2340. The molecule has 0 aliphatic carbocycles. The molecule has 0 nitrogen and oxygen atoms in total. The van der Waals surface area contributed by atoms with Gasteiger partial charge in [0.2, 0.25) is 0 Å². The van der Waals surface area contributed by atoms with Gasteiger partial charge < -0.3 is 0 Å². The molecule has 4 aromatic heterocycles. The molecule has 4 heterocycles. The van der Waals surface area contributed by atoms with Gasteiger partial charge in [-0.05, 0) is 93.7 Å². The van der Waals surface area contributed by atoms with E-state index >= 15 is 0 Å². The average Bonchev–Trinajstić information content (AvgIpc) is 4.04. The summed E-state index contributed by atoms with van der Waals surface area (Å²) in [5, 5.41) is 14.0. The van der Waals surface area contributed by atoms with E-state index in [2.05, 4.69) is 144 Å². The molecule has 0 atom stereocenters. The summed E-state index contributed by atoms with van der Waals surface area (Å²) in [6, 6.07) is 27.4. The number of rotatable bonds is 14. The minimum absolute atomic E-state index is 1.15. The van der Waals surface area contributed by atoms with Crippen molar-refractivity contribution in [1.82, 2.24) is 0 Å². The maximum atomic E-state index is 3.76. The zero-order valence-electron chi connectivity index (χ0n) is 31.3. The molecule has 0 saturated heterocycles. The van der Waals surface area contributed by atoms with Crippen LogP contribution >= 0.6 is 45.3 Å². The Balaban J connectivity index is 1.10. The number of aryl methyl sites for hydroxylation is 2. The van der Waals surface area contributed by atoms with Crippen molar-refractivity contribution in [2.24, 2.45) is 0 Å². The van der Waals surface area contributed by atoms with Gasteiger partial charge in [-0.25, -0.2) is 0 Å². The predicted molar refractivity (Wildman–Crippen MR) is 247 cm³/mol. The van der Waals surface area contributed by atoms with Crippen LogP contribution in [0.1, 0.15) is 110 Å². The van der Waals surface area contributed by atoms with Crippen LogP contribution in [0.3, 0.4) is 0 Å². The molecule has 0 N–H and O–H groups in total. The molecule has 0 aliphatic heterocycles. The highest BCUT2D eigenvalue weighted by Gasteiger charge is 2.16. The normalized spacial score (nSPS) is 12.0. The van der Waals surface area contributed by atoms with Crippen molar-refractivity contribution in [3.63, 3.8) is 0 Å². The topological polar surface area (TPSA) is 0 Å². The summed E-state index contributed by atoms with van der Waals surface area (Å²) in [5.74, 6) is 7.51. The van der Waals surface area contributed by atoms with Crippen LogP contribution in [0.4, 0.5) is 0 Å². The Hall–Kier alpha value is -4.24. The summed E-state index contributed by atoms with van der Waals surface area (Å²) in [4.78, 5) is 0. The first kappa shape index (κ1) is 36.7. The summed E-state index contributed by atoms with van der Waals surface area (Å²) in [6.45, 7) is 4.55. The minimum Gasteiger partial charge on any atom is -0.143 e. The van der Waals surface area contributed by atoms with Gasteiger partial charge >= 0.3 is 0 Å². The van der Waals surface area contributed by atoms with E-state index in [-0.39, 0.29) is 0 Å². The molecule has 8 aromatic rings. The number of thiophene rings is 4. The van der Waals surface area contributed by atoms with E-state index in [0.717, 1.165) is 11.1 Å². The number of fused-ring (bicyclic) bond motifs is 4. The molecule has 4 heteroatoms. The number of hydrogen-bond acceptors (Lipinski definition) is 4. The lowest BCUT2D eigenvalue weighted by atomic mass is 9.99. The zero-order valence-corrected chi connectivity index (χ0v) is 34.5. The Kier molecular flexibility index (Phi) is 11.9. The molecular formula is C50H46S4. The maximum Gasteiger partial charge on any atom is 0.0514 e. The second-order valence-electron chi connectivity index (χ2n) is 14.3. The third kappa shape index (κ3) is 7.93. The zero-order chi connectivity index (χ0) is 36.7. The molecule has 0 radical (unpaired) electrons. The Morgan fingerprint density at radius 1 is 0.407 bits per heavy atom. The molecule has 4 aromatic carbocycles. The predicted octanol–water partition coefficient (Wildman–Crippen LogP) is 16.5. The van der Waals surface area contributed by atoms with Crippen LogP contribution in [0.2, 0.25) is 0 Å². The summed E-state index contributed by atoms with van der Waals surface area (Å²) < 4.78 is 5.15. The van der Waals surface area contributed by atoms with Crippen molar-refractivity contribution in [3.05, 3.63) is 139 Å². The smallest absolute Gasteiger partial charge is 0.0514 e. The SMILES string of the molecule is CCCCCCc1ccc(/C=C/c2c3ccsc3c(C#Cc3c4ccsc4c(/C=C/c4ccc(CCCCCC)cc4)c4ccsc34)c3ccsc23)cc1. The first-order valence-electron chi connectivity index (χ1n) is 19.6. The highest BCUT2D eigenvalue weighted by molar-refractivity contribution is 7.20. The van der Waals surface area contributed by atoms with Gasteiger partial charge in [0.15, 0.2) is 0 Å². The highest BCUT2D eigenvalue weighted by atomic mass is 32.1. The number of unbranched alkanes of at least 4 members (excludes halogenated alkanes) is 6. The van der Waals surface area contributed by atoms with Gasteiger partial charge in [-0.2, -0.15) is 0 Å². The van der Waals surface area contributed by atoms with Crippen LogP contribution in [0.15, 0.2) is 94.3 Å². The summed E-state index contributed by atoms with van der Waals surface area (Å²) in [5.41, 5.74) is 10.2. The van der Waals surface area contributed by atoms with Crippen LogP contribution in [0.25, 0.3) is 64.6 Å². The monoisotopic (exact) mass is 774 g/mol. The lowest BCUT2D eigenvalue weighted by molar-refractivity contribution is 0.667. The molecule has 0 unspecified atom stereocenters. The molecule has 0 bridgehead atoms. The van der Waals surface area contributed by atoms with Crippen molar-refractivity contribution < 1.29 is 0 Å². The average molecular weight is 775 g/mol. The largest absolute Gasteiger partial charge is 0.143 e. The van der Waals surface area contributed by atoms with Crippen molar-refractivity contribution in [3.8, 4) is 11.8 Å². The van der Waals surface area contributed by atoms with E-state index in [1.54, 1.807) is 22.7 Å². The third-order valence-electron chi connectivity index (χ3n) is 10.5. The second kappa shape index (κ2) is 17.5. The molecule has 0 saturated carbocycles. The van der Waals surface area contributed by atoms with Gasteiger partial charge in [-0.1, -0.05) is 137 Å². The second-order valence-corrected chi connectivity index (χ2v) is 17.9. The number of hydrogen-bond donors (Lipinski definition) is 0. The van der Waals surface area contributed by atoms with E-state index in [1.165, 1.54) is 138 Å². The Morgan fingerprint density at radius 3 is 1.20 bits per heavy atom. The van der Waals surface area contributed by atoms with Gasteiger partial charge in [0, 0.05) is 42.1 Å². The first-order chi connectivity index (χ1) is 26.7. The molecule has 0 fully saturated rings. The Morgan fingerprint density at radius 2 is 0.796 bits per heavy atom. The molecule has 270 valence electrons. The van der Waals surface area contributed by atoms with E-state index in [1.807, 2.05) is 22.7 Å². The molecule has 0 amide bonds. The van der Waals surface area contributed by atoms with Crippen molar-refractivity contribution in [1.29, 1.82) is 0 Å². The first-order valence-corrected chi connectivity index (χ1v) is 23.1. The fraction of sp³-hybridized carbons (Fsp3) is 0.240. The van der Waals surface area contributed by atoms with Crippen LogP contribution in [0.5, 0.6) is 0 Å². The van der Waals surface area contributed by atoms with Crippen molar-refractivity contribution in [2.75, 3.05) is 0 Å². The van der Waals surface area contributed by atoms with Crippen molar-refractivity contribution in [2.45, 2.75) is 78.1 Å². The fourth-order valence-corrected chi connectivity index (χ4v) is 11.2. The van der Waals surface area contributed by atoms with E-state index < -0.39 is 0 Å². The van der Waals surface area contributed by atoms with Gasteiger partial charge in [0.1, 0.15) is 0 Å². The van der Waals surface area contributed by atoms with Crippen LogP contribution in [-0.2, 0) is 12.8 Å². The molecule has 0 spiro atoms. The third-order valence-corrected chi connectivity index (χ3v) is 14.3. The lowest BCUT2D eigenvalue weighted by Crippen LogP contribution is -1.87. The van der Waals surface area contributed by atoms with Gasteiger partial charge in [-0.3, -0.25) is 0 Å². The Labute approximate surface area is 336 Å². The quantitative estimate of drug-likeness (QED) is 0.0586. The standard InChI is InChI=1S/C50H46S4/c1-3-5-7-9-11-35-13-17-37(18-14-35)21-23-39-43-27-31-53-49(43)41(45-29-33-51-47(39)45)25-26-42-46-30-34-52-48(46)40(44-28-32-54-50(42)44)24-22-38-19-15-36(16-20-38)12-10-8-6-4-2/h13-24,27-34H,3-12H2,1-2H3/b23-21+,24-22+. The highest BCUT2D eigenvalue weighted by Crippen LogP contribution is 2.41. The minimum atomic E-state index is 1.15. The molecule has 54 heavy (non-hydrogen) atoms.